The quantitative estimate of drug-likeness (QED) is 0.921. The minimum absolute atomic E-state index is 0.0523. The standard InChI is InChI=1S/C18H21BrN2/c1-21(12-14-6-8-17(19)9-7-14)18(13-20)10-15-4-2-3-5-16(15)11-18/h2-9H,10-13,20H2,1H3. The Kier molecular flexibility index (Phi) is 4.16. The summed E-state index contributed by atoms with van der Waals surface area (Å²) >= 11 is 3.49. The van der Waals surface area contributed by atoms with Crippen LogP contribution in [0, 0.1) is 0 Å². The molecule has 0 spiro atoms. The van der Waals surface area contributed by atoms with Crippen molar-refractivity contribution in [1.82, 2.24) is 4.90 Å². The Balaban J connectivity index is 1.79. The van der Waals surface area contributed by atoms with Gasteiger partial charge in [-0.25, -0.2) is 0 Å². The van der Waals surface area contributed by atoms with E-state index in [0.717, 1.165) is 23.9 Å². The van der Waals surface area contributed by atoms with Crippen molar-refractivity contribution in [2.75, 3.05) is 13.6 Å². The molecule has 0 aromatic heterocycles. The second kappa shape index (κ2) is 5.91. The van der Waals surface area contributed by atoms with Gasteiger partial charge in [-0.05, 0) is 48.7 Å². The molecule has 0 bridgehead atoms. The smallest absolute Gasteiger partial charge is 0.0412 e. The normalized spacial score (nSPS) is 16.2. The largest absolute Gasteiger partial charge is 0.329 e. The first-order valence-corrected chi connectivity index (χ1v) is 8.15. The fraction of sp³-hybridized carbons (Fsp3) is 0.333. The maximum absolute atomic E-state index is 6.18. The van der Waals surface area contributed by atoms with E-state index in [1.54, 1.807) is 0 Å². The summed E-state index contributed by atoms with van der Waals surface area (Å²) in [6.45, 7) is 1.62. The molecule has 0 unspecified atom stereocenters. The van der Waals surface area contributed by atoms with Gasteiger partial charge in [-0.15, -0.1) is 0 Å². The molecule has 0 amide bonds. The van der Waals surface area contributed by atoms with Crippen molar-refractivity contribution >= 4 is 15.9 Å². The maximum atomic E-state index is 6.18. The van der Waals surface area contributed by atoms with Crippen LogP contribution < -0.4 is 5.73 Å². The molecule has 0 aliphatic heterocycles. The van der Waals surface area contributed by atoms with Crippen molar-refractivity contribution in [3.05, 3.63) is 69.7 Å². The molecule has 21 heavy (non-hydrogen) atoms. The summed E-state index contributed by atoms with van der Waals surface area (Å²) in [4.78, 5) is 2.43. The van der Waals surface area contributed by atoms with Gasteiger partial charge in [0.15, 0.2) is 0 Å². The third kappa shape index (κ3) is 2.91. The van der Waals surface area contributed by atoms with Crippen molar-refractivity contribution in [2.45, 2.75) is 24.9 Å². The van der Waals surface area contributed by atoms with Gasteiger partial charge in [-0.1, -0.05) is 52.3 Å². The topological polar surface area (TPSA) is 29.3 Å². The molecular weight excluding hydrogens is 324 g/mol. The number of benzene rings is 2. The van der Waals surface area contributed by atoms with Gasteiger partial charge in [0.05, 0.1) is 0 Å². The number of hydrogen-bond donors (Lipinski definition) is 1. The number of nitrogens with two attached hydrogens (primary N) is 1. The Bertz CT molecular complexity index is 596. The summed E-state index contributed by atoms with van der Waals surface area (Å²) in [5, 5.41) is 0. The summed E-state index contributed by atoms with van der Waals surface area (Å²) in [5.41, 5.74) is 10.5. The summed E-state index contributed by atoms with van der Waals surface area (Å²) in [5.74, 6) is 0. The second-order valence-corrected chi connectivity index (χ2v) is 6.95. The Hall–Kier alpha value is -1.16. The fourth-order valence-corrected chi connectivity index (χ4v) is 3.54. The van der Waals surface area contributed by atoms with Gasteiger partial charge < -0.3 is 5.73 Å². The average molecular weight is 345 g/mol. The van der Waals surface area contributed by atoms with E-state index in [9.17, 15) is 0 Å². The zero-order valence-electron chi connectivity index (χ0n) is 12.3. The van der Waals surface area contributed by atoms with Crippen molar-refractivity contribution in [3.8, 4) is 0 Å². The monoisotopic (exact) mass is 344 g/mol. The molecule has 2 aromatic rings. The van der Waals surface area contributed by atoms with Crippen LogP contribution in [0.5, 0.6) is 0 Å². The van der Waals surface area contributed by atoms with Crippen LogP contribution >= 0.6 is 15.9 Å². The molecule has 0 saturated heterocycles. The summed E-state index contributed by atoms with van der Waals surface area (Å²) in [7, 11) is 2.20. The molecule has 1 aliphatic rings. The van der Waals surface area contributed by atoms with Gasteiger partial charge in [-0.2, -0.15) is 0 Å². The third-order valence-corrected chi connectivity index (χ3v) is 5.21. The zero-order valence-corrected chi connectivity index (χ0v) is 13.9. The minimum Gasteiger partial charge on any atom is -0.329 e. The van der Waals surface area contributed by atoms with Gasteiger partial charge in [0, 0.05) is 23.1 Å². The molecule has 0 heterocycles. The zero-order chi connectivity index (χ0) is 14.9. The summed E-state index contributed by atoms with van der Waals surface area (Å²) in [6, 6.07) is 17.3. The first-order valence-electron chi connectivity index (χ1n) is 7.35. The molecule has 0 fully saturated rings. The first kappa shape index (κ1) is 14.8. The lowest BCUT2D eigenvalue weighted by Crippen LogP contribution is -2.52. The number of hydrogen-bond acceptors (Lipinski definition) is 2. The van der Waals surface area contributed by atoms with Crippen LogP contribution in [0.15, 0.2) is 53.0 Å². The van der Waals surface area contributed by atoms with E-state index in [2.05, 4.69) is 76.4 Å². The SMILES string of the molecule is CN(Cc1ccc(Br)cc1)C1(CN)Cc2ccccc2C1. The number of fused-ring (bicyclic) bond motifs is 1. The molecule has 3 heteroatoms. The third-order valence-electron chi connectivity index (χ3n) is 4.68. The van der Waals surface area contributed by atoms with E-state index >= 15 is 0 Å². The van der Waals surface area contributed by atoms with Crippen LogP contribution in [-0.2, 0) is 19.4 Å². The molecule has 110 valence electrons. The number of rotatable bonds is 4. The van der Waals surface area contributed by atoms with Crippen LogP contribution in [0.25, 0.3) is 0 Å². The van der Waals surface area contributed by atoms with Gasteiger partial charge in [0.2, 0.25) is 0 Å². The van der Waals surface area contributed by atoms with E-state index in [1.165, 1.54) is 16.7 Å². The molecule has 0 radical (unpaired) electrons. The Morgan fingerprint density at radius 3 is 2.14 bits per heavy atom. The molecule has 0 atom stereocenters. The van der Waals surface area contributed by atoms with Crippen LogP contribution in [0.4, 0.5) is 0 Å². The summed E-state index contributed by atoms with van der Waals surface area (Å²) < 4.78 is 1.12. The molecule has 2 nitrogen and oxygen atoms in total. The van der Waals surface area contributed by atoms with Crippen LogP contribution in [0.3, 0.4) is 0 Å². The molecule has 1 aliphatic carbocycles. The molecule has 2 aromatic carbocycles. The highest BCUT2D eigenvalue weighted by molar-refractivity contribution is 9.10. The Morgan fingerprint density at radius 2 is 1.62 bits per heavy atom. The predicted octanol–water partition coefficient (Wildman–Crippen LogP) is 3.38. The second-order valence-electron chi connectivity index (χ2n) is 6.03. The lowest BCUT2D eigenvalue weighted by Gasteiger charge is -2.38. The van der Waals surface area contributed by atoms with E-state index in [0.29, 0.717) is 6.54 Å². The number of halogens is 1. The van der Waals surface area contributed by atoms with E-state index in [4.69, 9.17) is 5.73 Å². The lowest BCUT2D eigenvalue weighted by molar-refractivity contribution is 0.127. The van der Waals surface area contributed by atoms with E-state index in [1.807, 2.05) is 0 Å². The molecule has 0 saturated carbocycles. The van der Waals surface area contributed by atoms with Crippen molar-refractivity contribution < 1.29 is 0 Å². The van der Waals surface area contributed by atoms with Gasteiger partial charge >= 0.3 is 0 Å². The van der Waals surface area contributed by atoms with Crippen molar-refractivity contribution in [1.29, 1.82) is 0 Å². The van der Waals surface area contributed by atoms with E-state index < -0.39 is 0 Å². The fourth-order valence-electron chi connectivity index (χ4n) is 3.28. The molecule has 3 rings (SSSR count). The summed E-state index contributed by atoms with van der Waals surface area (Å²) in [6.07, 6.45) is 2.10. The van der Waals surface area contributed by atoms with Crippen LogP contribution in [0.1, 0.15) is 16.7 Å². The highest BCUT2D eigenvalue weighted by Gasteiger charge is 2.39. The predicted molar refractivity (Wildman–Crippen MR) is 91.2 cm³/mol. The van der Waals surface area contributed by atoms with Gasteiger partial charge in [0.1, 0.15) is 0 Å². The molecule has 2 N–H and O–H groups in total. The number of likely N-dealkylation sites (N-methyl/N-ethyl adjacent to an activating group) is 1. The van der Waals surface area contributed by atoms with Gasteiger partial charge in [0.25, 0.3) is 0 Å². The van der Waals surface area contributed by atoms with E-state index in [-0.39, 0.29) is 5.54 Å². The van der Waals surface area contributed by atoms with Gasteiger partial charge in [-0.3, -0.25) is 4.90 Å². The Morgan fingerprint density at radius 1 is 1.05 bits per heavy atom. The number of nitrogens with zero attached hydrogens (tertiary/aromatic N) is 1. The highest BCUT2D eigenvalue weighted by Crippen LogP contribution is 2.34. The highest BCUT2D eigenvalue weighted by atomic mass is 79.9. The van der Waals surface area contributed by atoms with Crippen molar-refractivity contribution in [2.24, 2.45) is 5.73 Å². The maximum Gasteiger partial charge on any atom is 0.0412 e. The minimum atomic E-state index is 0.0523. The average Bonchev–Trinajstić information content (AvgIpc) is 2.89. The first-order chi connectivity index (χ1) is 10.1. The Labute approximate surface area is 135 Å². The van der Waals surface area contributed by atoms with Crippen molar-refractivity contribution in [3.63, 3.8) is 0 Å². The molecular formula is C18H21BrN2. The lowest BCUT2D eigenvalue weighted by atomic mass is 9.93. The van der Waals surface area contributed by atoms with Crippen LogP contribution in [0.2, 0.25) is 0 Å². The van der Waals surface area contributed by atoms with Crippen LogP contribution in [-0.4, -0.2) is 24.0 Å².